The van der Waals surface area contributed by atoms with Gasteiger partial charge in [-0.1, -0.05) is 146 Å². The van der Waals surface area contributed by atoms with Crippen molar-refractivity contribution in [3.63, 3.8) is 0 Å². The number of nitrogens with zero attached hydrogens (tertiary/aromatic N) is 1. The summed E-state index contributed by atoms with van der Waals surface area (Å²) in [5, 5.41) is 3.84. The molecule has 238 valence electrons. The number of benzene rings is 8. The van der Waals surface area contributed by atoms with Gasteiger partial charge >= 0.3 is 0 Å². The molecule has 1 heterocycles. The first-order chi connectivity index (χ1) is 25.3. The topological polar surface area (TPSA) is 3.24 Å². The number of hydrogen-bond donors (Lipinski definition) is 0. The van der Waals surface area contributed by atoms with Crippen LogP contribution in [0.3, 0.4) is 0 Å². The van der Waals surface area contributed by atoms with Crippen LogP contribution in [0.5, 0.6) is 0 Å². The Morgan fingerprint density at radius 3 is 1.80 bits per heavy atom. The predicted octanol–water partition coefficient (Wildman–Crippen LogP) is 13.5. The average Bonchev–Trinajstić information content (AvgIpc) is 3.82. The summed E-state index contributed by atoms with van der Waals surface area (Å²) in [7, 11) is 0. The fourth-order valence-corrected chi connectivity index (χ4v) is 10.4. The molecule has 0 amide bonds. The summed E-state index contributed by atoms with van der Waals surface area (Å²) >= 11 is 1.96. The SMILES string of the molecule is c1ccc(N(c2ccc(-c3ccc4ccccc4c3)cc2)c2cccc3c2-c2c(sc4ccccc24)C32c3ccccc3-c3ccccc32)cc1. The Morgan fingerprint density at radius 2 is 1.02 bits per heavy atom. The molecule has 0 radical (unpaired) electrons. The molecule has 0 N–H and O–H groups in total. The number of hydrogen-bond acceptors (Lipinski definition) is 2. The Morgan fingerprint density at radius 1 is 0.412 bits per heavy atom. The Kier molecular flexibility index (Phi) is 6.11. The molecule has 2 aliphatic carbocycles. The summed E-state index contributed by atoms with van der Waals surface area (Å²) in [6.07, 6.45) is 0. The van der Waals surface area contributed by atoms with Gasteiger partial charge in [0.2, 0.25) is 0 Å². The average molecular weight is 666 g/mol. The second-order valence-corrected chi connectivity index (χ2v) is 14.7. The van der Waals surface area contributed by atoms with E-state index in [1.807, 2.05) is 11.3 Å². The molecule has 1 spiro atoms. The largest absolute Gasteiger partial charge is 0.310 e. The highest BCUT2D eigenvalue weighted by atomic mass is 32.1. The highest BCUT2D eigenvalue weighted by molar-refractivity contribution is 7.20. The molecule has 2 heteroatoms. The van der Waals surface area contributed by atoms with Gasteiger partial charge in [-0.3, -0.25) is 0 Å². The first kappa shape index (κ1) is 28.6. The highest BCUT2D eigenvalue weighted by Gasteiger charge is 2.54. The maximum Gasteiger partial charge on any atom is 0.0820 e. The lowest BCUT2D eigenvalue weighted by Gasteiger charge is -2.31. The van der Waals surface area contributed by atoms with Gasteiger partial charge in [0.1, 0.15) is 0 Å². The molecule has 1 nitrogen and oxygen atoms in total. The zero-order chi connectivity index (χ0) is 33.5. The van der Waals surface area contributed by atoms with Crippen LogP contribution in [0.4, 0.5) is 17.1 Å². The van der Waals surface area contributed by atoms with Gasteiger partial charge in [0.15, 0.2) is 0 Å². The van der Waals surface area contributed by atoms with Gasteiger partial charge in [-0.15, -0.1) is 11.3 Å². The maximum absolute atomic E-state index is 2.46. The summed E-state index contributed by atoms with van der Waals surface area (Å²) < 4.78 is 1.33. The molecule has 0 aliphatic heterocycles. The van der Waals surface area contributed by atoms with Gasteiger partial charge in [-0.2, -0.15) is 0 Å². The minimum atomic E-state index is -0.389. The molecule has 0 saturated carbocycles. The van der Waals surface area contributed by atoms with Crippen LogP contribution in [0.1, 0.15) is 21.6 Å². The van der Waals surface area contributed by atoms with Crippen molar-refractivity contribution in [3.05, 3.63) is 210 Å². The van der Waals surface area contributed by atoms with E-state index in [2.05, 4.69) is 193 Å². The van der Waals surface area contributed by atoms with Crippen LogP contribution < -0.4 is 4.90 Å². The van der Waals surface area contributed by atoms with Crippen molar-refractivity contribution < 1.29 is 0 Å². The zero-order valence-corrected chi connectivity index (χ0v) is 28.6. The molecular weight excluding hydrogens is 635 g/mol. The van der Waals surface area contributed by atoms with E-state index in [0.29, 0.717) is 0 Å². The van der Waals surface area contributed by atoms with Crippen LogP contribution in [0.15, 0.2) is 188 Å². The molecule has 51 heavy (non-hydrogen) atoms. The summed E-state index contributed by atoms with van der Waals surface area (Å²) in [6, 6.07) is 69.4. The lowest BCUT2D eigenvalue weighted by atomic mass is 9.74. The third kappa shape index (κ3) is 3.97. The van der Waals surface area contributed by atoms with Crippen molar-refractivity contribution in [1.29, 1.82) is 0 Å². The van der Waals surface area contributed by atoms with Gasteiger partial charge in [0, 0.05) is 37.5 Å². The lowest BCUT2D eigenvalue weighted by Crippen LogP contribution is -2.25. The van der Waals surface area contributed by atoms with E-state index < -0.39 is 0 Å². The van der Waals surface area contributed by atoms with Gasteiger partial charge in [-0.05, 0) is 92.2 Å². The van der Waals surface area contributed by atoms with Crippen molar-refractivity contribution >= 4 is 49.3 Å². The van der Waals surface area contributed by atoms with E-state index in [1.54, 1.807) is 0 Å². The summed E-state index contributed by atoms with van der Waals surface area (Å²) in [5.74, 6) is 0. The maximum atomic E-state index is 2.46. The van der Waals surface area contributed by atoms with Crippen LogP contribution in [-0.2, 0) is 5.41 Å². The first-order valence-corrected chi connectivity index (χ1v) is 18.4. The van der Waals surface area contributed by atoms with E-state index >= 15 is 0 Å². The van der Waals surface area contributed by atoms with Gasteiger partial charge in [0.05, 0.1) is 11.1 Å². The predicted molar refractivity (Wildman–Crippen MR) is 216 cm³/mol. The molecule has 8 aromatic carbocycles. The number of anilines is 3. The molecule has 9 aromatic rings. The molecule has 1 aromatic heterocycles. The molecule has 0 unspecified atom stereocenters. The summed E-state index contributed by atoms with van der Waals surface area (Å²) in [5.41, 5.74) is 15.0. The smallest absolute Gasteiger partial charge is 0.0820 e. The number of rotatable bonds is 4. The monoisotopic (exact) mass is 665 g/mol. The Labute approximate surface area is 301 Å². The van der Waals surface area contributed by atoms with Crippen LogP contribution in [0.25, 0.3) is 54.2 Å². The van der Waals surface area contributed by atoms with E-state index in [9.17, 15) is 0 Å². The molecule has 0 fully saturated rings. The molecule has 0 saturated heterocycles. The van der Waals surface area contributed by atoms with Crippen LogP contribution >= 0.6 is 11.3 Å². The lowest BCUT2D eigenvalue weighted by molar-refractivity contribution is 0.811. The molecule has 2 aliphatic rings. The van der Waals surface area contributed by atoms with Crippen molar-refractivity contribution in [2.45, 2.75) is 5.41 Å². The summed E-state index contributed by atoms with van der Waals surface area (Å²) in [4.78, 5) is 3.88. The summed E-state index contributed by atoms with van der Waals surface area (Å²) in [6.45, 7) is 0. The molecular formula is C49H31NS. The van der Waals surface area contributed by atoms with Crippen LogP contribution in [0, 0.1) is 0 Å². The van der Waals surface area contributed by atoms with E-state index in [1.165, 1.54) is 81.5 Å². The fourth-order valence-electron chi connectivity index (χ4n) is 8.93. The standard InChI is InChI=1S/C49H31NS/c1-2-15-36(16-3-1)50(37-29-27-33(28-30-37)35-26-25-32-13-4-5-14-34(32)31-35)44-23-12-22-43-47(44)46-40-19-8-11-24-45(40)51-48(46)49(43)41-20-9-6-17-38(41)39-18-7-10-21-42(39)49/h1-31H. The Hall–Kier alpha value is -6.22. The molecule has 0 atom stereocenters. The second-order valence-electron chi connectivity index (χ2n) is 13.6. The van der Waals surface area contributed by atoms with E-state index in [-0.39, 0.29) is 5.41 Å². The fraction of sp³-hybridized carbons (Fsp3) is 0.0204. The quantitative estimate of drug-likeness (QED) is 0.181. The van der Waals surface area contributed by atoms with Crippen molar-refractivity contribution in [2.24, 2.45) is 0 Å². The van der Waals surface area contributed by atoms with Crippen molar-refractivity contribution in [3.8, 4) is 33.4 Å². The van der Waals surface area contributed by atoms with Gasteiger partial charge < -0.3 is 4.90 Å². The zero-order valence-electron chi connectivity index (χ0n) is 27.8. The van der Waals surface area contributed by atoms with Crippen LogP contribution in [0.2, 0.25) is 0 Å². The Balaban J connectivity index is 1.17. The molecule has 11 rings (SSSR count). The minimum absolute atomic E-state index is 0.389. The van der Waals surface area contributed by atoms with Crippen molar-refractivity contribution in [1.82, 2.24) is 0 Å². The number of fused-ring (bicyclic) bond motifs is 13. The van der Waals surface area contributed by atoms with Crippen molar-refractivity contribution in [2.75, 3.05) is 4.90 Å². The van der Waals surface area contributed by atoms with E-state index in [4.69, 9.17) is 0 Å². The number of para-hydroxylation sites is 1. The van der Waals surface area contributed by atoms with Gasteiger partial charge in [-0.25, -0.2) is 0 Å². The number of thiophene rings is 1. The van der Waals surface area contributed by atoms with Gasteiger partial charge in [0.25, 0.3) is 0 Å². The minimum Gasteiger partial charge on any atom is -0.310 e. The third-order valence-corrected chi connectivity index (χ3v) is 12.3. The second kappa shape index (κ2) is 10.9. The molecule has 0 bridgehead atoms. The highest BCUT2D eigenvalue weighted by Crippen LogP contribution is 2.67. The normalized spacial score (nSPS) is 13.3. The van der Waals surface area contributed by atoms with E-state index in [0.717, 1.165) is 11.4 Å². The van der Waals surface area contributed by atoms with Crippen LogP contribution in [-0.4, -0.2) is 0 Å². The Bertz CT molecular complexity index is 2760. The third-order valence-electron chi connectivity index (χ3n) is 11.0. The first-order valence-electron chi connectivity index (χ1n) is 17.6.